The Balaban J connectivity index is 3.60. The van der Waals surface area contributed by atoms with Crippen molar-refractivity contribution in [3.05, 3.63) is 21.7 Å². The summed E-state index contributed by atoms with van der Waals surface area (Å²) in [5.41, 5.74) is 5.57. The van der Waals surface area contributed by atoms with Crippen molar-refractivity contribution >= 4 is 34.9 Å². The fourth-order valence-electron chi connectivity index (χ4n) is 1.76. The fourth-order valence-corrected chi connectivity index (χ4v) is 4.30. The second-order valence-electron chi connectivity index (χ2n) is 5.07. The summed E-state index contributed by atoms with van der Waals surface area (Å²) in [6.07, 6.45) is -4.38. The predicted octanol–water partition coefficient (Wildman–Crippen LogP) is 3.90. The first-order chi connectivity index (χ1) is 7.46. The van der Waals surface area contributed by atoms with Gasteiger partial charge in [-0.05, 0) is 23.7 Å². The first-order valence-corrected chi connectivity index (χ1v) is 9.41. The molecule has 0 spiro atoms. The van der Waals surface area contributed by atoms with Crippen LogP contribution in [0.25, 0.3) is 0 Å². The zero-order valence-electron chi connectivity index (χ0n) is 10.2. The third-order valence-electron chi connectivity index (χ3n) is 2.67. The highest BCUT2D eigenvalue weighted by Crippen LogP contribution is 2.39. The van der Waals surface area contributed by atoms with Crippen LogP contribution < -0.4 is 10.9 Å². The summed E-state index contributed by atoms with van der Waals surface area (Å²) < 4.78 is 38.6. The van der Waals surface area contributed by atoms with Crippen LogP contribution in [0.15, 0.2) is 10.5 Å². The molecule has 0 amide bonds. The molecular formula is C11H15BrF3NSi. The van der Waals surface area contributed by atoms with Gasteiger partial charge in [0, 0.05) is 10.2 Å². The standard InChI is InChI=1S/C11H15BrF3NSi/c1-6-9(11(13,14)15)7(12)5-8(10(6)16)17(2,3)4/h5H,16H2,1-4H3. The minimum atomic E-state index is -4.38. The summed E-state index contributed by atoms with van der Waals surface area (Å²) in [4.78, 5) is 0. The number of halogens is 4. The van der Waals surface area contributed by atoms with Gasteiger partial charge in [0.1, 0.15) is 0 Å². The Labute approximate surface area is 108 Å². The van der Waals surface area contributed by atoms with Gasteiger partial charge in [-0.2, -0.15) is 13.2 Å². The number of alkyl halides is 3. The van der Waals surface area contributed by atoms with Crippen LogP contribution in [0, 0.1) is 6.92 Å². The van der Waals surface area contributed by atoms with Crippen LogP contribution in [0.2, 0.25) is 19.6 Å². The van der Waals surface area contributed by atoms with Crippen LogP contribution in [0.3, 0.4) is 0 Å². The molecule has 1 nitrogen and oxygen atoms in total. The minimum absolute atomic E-state index is 0.0779. The van der Waals surface area contributed by atoms with Crippen molar-refractivity contribution < 1.29 is 13.2 Å². The normalized spacial score (nSPS) is 12.9. The van der Waals surface area contributed by atoms with E-state index < -0.39 is 19.8 Å². The number of nitrogen functional groups attached to an aromatic ring is 1. The molecule has 0 aliphatic rings. The molecule has 0 bridgehead atoms. The van der Waals surface area contributed by atoms with Crippen LogP contribution in [0.5, 0.6) is 0 Å². The Morgan fingerprint density at radius 2 is 1.71 bits per heavy atom. The van der Waals surface area contributed by atoms with Gasteiger partial charge in [-0.25, -0.2) is 0 Å². The molecule has 0 fully saturated rings. The molecule has 0 saturated heterocycles. The number of benzene rings is 1. The average molecular weight is 326 g/mol. The van der Waals surface area contributed by atoms with Crippen LogP contribution in [-0.2, 0) is 6.18 Å². The molecule has 0 heterocycles. The summed E-state index contributed by atoms with van der Waals surface area (Å²) in [5, 5.41) is 0.856. The molecular weight excluding hydrogens is 311 g/mol. The third-order valence-corrected chi connectivity index (χ3v) is 5.33. The van der Waals surface area contributed by atoms with Crippen molar-refractivity contribution in [1.29, 1.82) is 0 Å². The highest BCUT2D eigenvalue weighted by molar-refractivity contribution is 9.10. The molecule has 0 unspecified atom stereocenters. The van der Waals surface area contributed by atoms with Gasteiger partial charge in [-0.3, -0.25) is 0 Å². The maximum atomic E-state index is 12.8. The van der Waals surface area contributed by atoms with Gasteiger partial charge in [-0.1, -0.05) is 35.6 Å². The molecule has 96 valence electrons. The summed E-state index contributed by atoms with van der Waals surface area (Å²) in [5.74, 6) is 0. The minimum Gasteiger partial charge on any atom is -0.399 e. The number of hydrogen-bond donors (Lipinski definition) is 1. The van der Waals surface area contributed by atoms with E-state index in [4.69, 9.17) is 5.73 Å². The van der Waals surface area contributed by atoms with Crippen molar-refractivity contribution in [3.8, 4) is 0 Å². The van der Waals surface area contributed by atoms with E-state index in [1.54, 1.807) is 0 Å². The lowest BCUT2D eigenvalue weighted by molar-refractivity contribution is -0.138. The number of anilines is 1. The Morgan fingerprint density at radius 1 is 1.24 bits per heavy atom. The summed E-state index contributed by atoms with van der Waals surface area (Å²) in [6.45, 7) is 7.58. The van der Waals surface area contributed by atoms with Crippen molar-refractivity contribution in [1.82, 2.24) is 0 Å². The van der Waals surface area contributed by atoms with E-state index in [2.05, 4.69) is 35.6 Å². The van der Waals surface area contributed by atoms with Crippen LogP contribution in [0.4, 0.5) is 18.9 Å². The van der Waals surface area contributed by atoms with Crippen molar-refractivity contribution in [2.24, 2.45) is 0 Å². The van der Waals surface area contributed by atoms with Gasteiger partial charge in [0.05, 0.1) is 13.6 Å². The summed E-state index contributed by atoms with van der Waals surface area (Å²) in [7, 11) is -1.75. The van der Waals surface area contributed by atoms with Crippen molar-refractivity contribution in [2.75, 3.05) is 5.73 Å². The Bertz CT molecular complexity index is 450. The maximum absolute atomic E-state index is 12.8. The number of nitrogens with two attached hydrogens (primary N) is 1. The first kappa shape index (κ1) is 14.6. The van der Waals surface area contributed by atoms with E-state index in [1.165, 1.54) is 13.0 Å². The average Bonchev–Trinajstić information content (AvgIpc) is 2.07. The highest BCUT2D eigenvalue weighted by Gasteiger charge is 2.37. The SMILES string of the molecule is Cc1c(N)c([Si](C)(C)C)cc(Br)c1C(F)(F)F. The summed E-state index contributed by atoms with van der Waals surface area (Å²) in [6, 6.07) is 1.53. The van der Waals surface area contributed by atoms with E-state index in [1.807, 2.05) is 0 Å². The van der Waals surface area contributed by atoms with Gasteiger partial charge in [0.2, 0.25) is 0 Å². The van der Waals surface area contributed by atoms with Crippen LogP contribution in [-0.4, -0.2) is 8.07 Å². The van der Waals surface area contributed by atoms with E-state index in [0.717, 1.165) is 5.19 Å². The second kappa shape index (κ2) is 4.31. The second-order valence-corrected chi connectivity index (χ2v) is 11.0. The molecule has 0 aliphatic carbocycles. The van der Waals surface area contributed by atoms with Gasteiger partial charge in [0.25, 0.3) is 0 Å². The molecule has 1 rings (SSSR count). The maximum Gasteiger partial charge on any atom is 0.417 e. The lowest BCUT2D eigenvalue weighted by Gasteiger charge is -2.24. The topological polar surface area (TPSA) is 26.0 Å². The van der Waals surface area contributed by atoms with Gasteiger partial charge < -0.3 is 5.73 Å². The predicted molar refractivity (Wildman–Crippen MR) is 71.3 cm³/mol. The molecule has 1 aromatic carbocycles. The quantitative estimate of drug-likeness (QED) is 0.615. The largest absolute Gasteiger partial charge is 0.417 e. The van der Waals surface area contributed by atoms with E-state index in [0.29, 0.717) is 0 Å². The number of hydrogen-bond acceptors (Lipinski definition) is 1. The third kappa shape index (κ3) is 2.85. The van der Waals surface area contributed by atoms with Gasteiger partial charge in [-0.15, -0.1) is 0 Å². The Kier molecular flexibility index (Phi) is 3.70. The molecule has 0 radical (unpaired) electrons. The molecule has 0 saturated carbocycles. The van der Waals surface area contributed by atoms with Gasteiger partial charge in [0.15, 0.2) is 0 Å². The van der Waals surface area contributed by atoms with Crippen LogP contribution >= 0.6 is 15.9 Å². The monoisotopic (exact) mass is 325 g/mol. The van der Waals surface area contributed by atoms with Crippen LogP contribution in [0.1, 0.15) is 11.1 Å². The Morgan fingerprint density at radius 3 is 2.06 bits per heavy atom. The first-order valence-electron chi connectivity index (χ1n) is 5.12. The van der Waals surface area contributed by atoms with E-state index in [-0.39, 0.29) is 15.7 Å². The molecule has 0 aromatic heterocycles. The lowest BCUT2D eigenvalue weighted by atomic mass is 10.1. The molecule has 2 N–H and O–H groups in total. The zero-order chi connectivity index (χ0) is 13.6. The van der Waals surface area contributed by atoms with Crippen molar-refractivity contribution in [3.63, 3.8) is 0 Å². The number of rotatable bonds is 1. The lowest BCUT2D eigenvalue weighted by Crippen LogP contribution is -2.40. The molecule has 1 aromatic rings. The molecule has 6 heteroatoms. The fraction of sp³-hybridized carbons (Fsp3) is 0.455. The molecule has 0 atom stereocenters. The van der Waals surface area contributed by atoms with E-state index in [9.17, 15) is 13.2 Å². The molecule has 0 aliphatic heterocycles. The highest BCUT2D eigenvalue weighted by atomic mass is 79.9. The Hall–Kier alpha value is -0.493. The van der Waals surface area contributed by atoms with Gasteiger partial charge >= 0.3 is 6.18 Å². The van der Waals surface area contributed by atoms with Crippen molar-refractivity contribution in [2.45, 2.75) is 32.7 Å². The molecule has 17 heavy (non-hydrogen) atoms. The zero-order valence-corrected chi connectivity index (χ0v) is 12.8. The summed E-state index contributed by atoms with van der Waals surface area (Å²) >= 11 is 3.01. The smallest absolute Gasteiger partial charge is 0.399 e. The van der Waals surface area contributed by atoms with E-state index >= 15 is 0 Å².